The molecule has 0 saturated carbocycles. The van der Waals surface area contributed by atoms with E-state index in [2.05, 4.69) is 57.2 Å². The number of benzene rings is 3. The summed E-state index contributed by atoms with van der Waals surface area (Å²) in [7, 11) is 1.70. The number of thioether (sulfide) groups is 1. The van der Waals surface area contributed by atoms with Crippen LogP contribution in [0.5, 0.6) is 5.75 Å². The summed E-state index contributed by atoms with van der Waals surface area (Å²) in [4.78, 5) is 0. The lowest BCUT2D eigenvalue weighted by Crippen LogP contribution is -2.12. The molecule has 0 spiro atoms. The van der Waals surface area contributed by atoms with Gasteiger partial charge in [0.1, 0.15) is 12.4 Å². The number of ether oxygens (including phenoxy) is 2. The third-order valence-corrected chi connectivity index (χ3v) is 5.89. The quantitative estimate of drug-likeness (QED) is 0.312. The van der Waals surface area contributed by atoms with Crippen molar-refractivity contribution >= 4 is 11.8 Å². The van der Waals surface area contributed by atoms with E-state index < -0.39 is 0 Å². The van der Waals surface area contributed by atoms with E-state index in [0.717, 1.165) is 33.6 Å². The first kappa shape index (κ1) is 21.2. The van der Waals surface area contributed by atoms with Crippen LogP contribution < -0.4 is 4.74 Å². The van der Waals surface area contributed by atoms with Crippen molar-refractivity contribution < 1.29 is 9.47 Å². The van der Waals surface area contributed by atoms with Crippen LogP contribution in [-0.2, 0) is 23.6 Å². The molecule has 0 radical (unpaired) electrons. The zero-order chi connectivity index (χ0) is 21.3. The molecule has 3 aromatic carbocycles. The molecule has 4 rings (SSSR count). The highest BCUT2D eigenvalue weighted by molar-refractivity contribution is 7.98. The Balaban J connectivity index is 1.50. The molecule has 6 heteroatoms. The highest BCUT2D eigenvalue weighted by atomic mass is 32.2. The van der Waals surface area contributed by atoms with Crippen molar-refractivity contribution in [3.8, 4) is 16.9 Å². The second kappa shape index (κ2) is 10.8. The molecular formula is C25H25N3O2S. The molecule has 0 unspecified atom stereocenters. The molecule has 5 nitrogen and oxygen atoms in total. The Labute approximate surface area is 187 Å². The lowest BCUT2D eigenvalue weighted by Gasteiger charge is -2.13. The Hall–Kier alpha value is -3.09. The largest absolute Gasteiger partial charge is 0.485 e. The van der Waals surface area contributed by atoms with E-state index in [1.54, 1.807) is 18.9 Å². The third-order valence-electron chi connectivity index (χ3n) is 4.85. The van der Waals surface area contributed by atoms with Crippen LogP contribution >= 0.6 is 11.8 Å². The van der Waals surface area contributed by atoms with Gasteiger partial charge in [0.15, 0.2) is 11.0 Å². The fraction of sp³-hybridized carbons (Fsp3) is 0.200. The van der Waals surface area contributed by atoms with Crippen LogP contribution in [0.2, 0.25) is 0 Å². The standard InChI is InChI=1S/C25H25N3O2S/c1-29-17-16-28-24(26-27-25(28)31-19-20-10-4-2-5-11-20)18-30-23-15-9-8-14-22(23)21-12-6-3-7-13-21/h2-15H,16-19H2,1H3. The molecule has 0 fully saturated rings. The number of aromatic nitrogens is 3. The molecule has 0 bridgehead atoms. The maximum atomic E-state index is 6.20. The van der Waals surface area contributed by atoms with Crippen LogP contribution in [0.15, 0.2) is 90.1 Å². The molecule has 4 aromatic rings. The Morgan fingerprint density at radius 2 is 1.55 bits per heavy atom. The van der Waals surface area contributed by atoms with E-state index in [9.17, 15) is 0 Å². The Morgan fingerprint density at radius 3 is 2.32 bits per heavy atom. The van der Waals surface area contributed by atoms with Crippen LogP contribution in [0, 0.1) is 0 Å². The average molecular weight is 432 g/mol. The summed E-state index contributed by atoms with van der Waals surface area (Å²) in [6, 6.07) is 28.7. The van der Waals surface area contributed by atoms with E-state index in [-0.39, 0.29) is 0 Å². The number of hydrogen-bond acceptors (Lipinski definition) is 5. The van der Waals surface area contributed by atoms with Crippen molar-refractivity contribution in [3.05, 3.63) is 96.3 Å². The number of rotatable bonds is 10. The molecule has 0 amide bonds. The van der Waals surface area contributed by atoms with Crippen molar-refractivity contribution in [2.75, 3.05) is 13.7 Å². The van der Waals surface area contributed by atoms with Gasteiger partial charge in [-0.15, -0.1) is 10.2 Å². The van der Waals surface area contributed by atoms with Crippen molar-refractivity contribution in [2.24, 2.45) is 0 Å². The van der Waals surface area contributed by atoms with Crippen LogP contribution in [0.25, 0.3) is 11.1 Å². The Kier molecular flexibility index (Phi) is 7.37. The first-order chi connectivity index (χ1) is 15.3. The SMILES string of the molecule is COCCn1c(COc2ccccc2-c2ccccc2)nnc1SCc1ccccc1. The van der Waals surface area contributed by atoms with Crippen LogP contribution in [0.1, 0.15) is 11.4 Å². The van der Waals surface area contributed by atoms with Gasteiger partial charge in [-0.2, -0.15) is 0 Å². The van der Waals surface area contributed by atoms with Crippen molar-refractivity contribution in [2.45, 2.75) is 24.1 Å². The van der Waals surface area contributed by atoms with E-state index in [1.807, 2.05) is 42.5 Å². The van der Waals surface area contributed by atoms with Gasteiger partial charge in [0.05, 0.1) is 6.61 Å². The van der Waals surface area contributed by atoms with E-state index in [4.69, 9.17) is 9.47 Å². The predicted molar refractivity (Wildman–Crippen MR) is 124 cm³/mol. The Morgan fingerprint density at radius 1 is 0.839 bits per heavy atom. The third kappa shape index (κ3) is 5.54. The minimum absolute atomic E-state index is 0.340. The van der Waals surface area contributed by atoms with Gasteiger partial charge in [-0.3, -0.25) is 0 Å². The smallest absolute Gasteiger partial charge is 0.191 e. The second-order valence-corrected chi connectivity index (χ2v) is 7.91. The lowest BCUT2D eigenvalue weighted by molar-refractivity contribution is 0.181. The summed E-state index contributed by atoms with van der Waals surface area (Å²) in [6.07, 6.45) is 0. The van der Waals surface area contributed by atoms with Gasteiger partial charge in [-0.25, -0.2) is 0 Å². The first-order valence-corrected chi connectivity index (χ1v) is 11.2. The fourth-order valence-electron chi connectivity index (χ4n) is 3.25. The molecular weight excluding hydrogens is 406 g/mol. The zero-order valence-electron chi connectivity index (χ0n) is 17.5. The van der Waals surface area contributed by atoms with Crippen LogP contribution in [0.3, 0.4) is 0 Å². The van der Waals surface area contributed by atoms with Gasteiger partial charge in [0.25, 0.3) is 0 Å². The molecule has 0 aliphatic heterocycles. The van der Waals surface area contributed by atoms with E-state index in [0.29, 0.717) is 19.8 Å². The topological polar surface area (TPSA) is 49.2 Å². The van der Waals surface area contributed by atoms with E-state index in [1.165, 1.54) is 5.56 Å². The molecule has 0 aliphatic rings. The lowest BCUT2D eigenvalue weighted by atomic mass is 10.1. The van der Waals surface area contributed by atoms with E-state index >= 15 is 0 Å². The first-order valence-electron chi connectivity index (χ1n) is 10.2. The maximum Gasteiger partial charge on any atom is 0.191 e. The van der Waals surface area contributed by atoms with Crippen LogP contribution in [-0.4, -0.2) is 28.5 Å². The molecule has 0 atom stereocenters. The molecule has 0 aliphatic carbocycles. The minimum Gasteiger partial charge on any atom is -0.485 e. The molecule has 0 N–H and O–H groups in total. The summed E-state index contributed by atoms with van der Waals surface area (Å²) in [5.41, 5.74) is 3.44. The van der Waals surface area contributed by atoms with Gasteiger partial charge in [0.2, 0.25) is 0 Å². The van der Waals surface area contributed by atoms with Crippen molar-refractivity contribution in [1.29, 1.82) is 0 Å². The number of nitrogens with zero attached hydrogens (tertiary/aromatic N) is 3. The summed E-state index contributed by atoms with van der Waals surface area (Å²) in [6.45, 7) is 1.61. The Bertz CT molecular complexity index is 1080. The predicted octanol–water partition coefficient (Wildman–Crippen LogP) is 5.46. The maximum absolute atomic E-state index is 6.20. The molecule has 158 valence electrons. The molecule has 1 aromatic heterocycles. The fourth-order valence-corrected chi connectivity index (χ4v) is 4.19. The monoisotopic (exact) mass is 431 g/mol. The van der Waals surface area contributed by atoms with Gasteiger partial charge >= 0.3 is 0 Å². The normalized spacial score (nSPS) is 10.9. The number of hydrogen-bond donors (Lipinski definition) is 0. The summed E-state index contributed by atoms with van der Waals surface area (Å²) < 4.78 is 13.6. The van der Waals surface area contributed by atoms with Crippen molar-refractivity contribution in [1.82, 2.24) is 14.8 Å². The van der Waals surface area contributed by atoms with Crippen molar-refractivity contribution in [3.63, 3.8) is 0 Å². The summed E-state index contributed by atoms with van der Waals surface area (Å²) >= 11 is 1.67. The highest BCUT2D eigenvalue weighted by Gasteiger charge is 2.14. The second-order valence-electron chi connectivity index (χ2n) is 6.97. The number of para-hydroxylation sites is 1. The molecule has 1 heterocycles. The molecule has 31 heavy (non-hydrogen) atoms. The molecule has 0 saturated heterocycles. The zero-order valence-corrected chi connectivity index (χ0v) is 18.3. The van der Waals surface area contributed by atoms with Gasteiger partial charge in [-0.05, 0) is 17.2 Å². The number of methoxy groups -OCH3 is 1. The van der Waals surface area contributed by atoms with Gasteiger partial charge in [-0.1, -0.05) is 90.6 Å². The van der Waals surface area contributed by atoms with Crippen LogP contribution in [0.4, 0.5) is 0 Å². The van der Waals surface area contributed by atoms with Gasteiger partial charge in [0, 0.05) is 25.0 Å². The highest BCUT2D eigenvalue weighted by Crippen LogP contribution is 2.30. The summed E-state index contributed by atoms with van der Waals surface area (Å²) in [5, 5.41) is 9.70. The minimum atomic E-state index is 0.340. The summed E-state index contributed by atoms with van der Waals surface area (Å²) in [5.74, 6) is 2.45. The van der Waals surface area contributed by atoms with Gasteiger partial charge < -0.3 is 14.0 Å². The average Bonchev–Trinajstić information content (AvgIpc) is 3.23.